The molecule has 0 aliphatic carbocycles. The van der Waals surface area contributed by atoms with E-state index in [0.717, 1.165) is 6.07 Å². The molecule has 0 saturated heterocycles. The maximum absolute atomic E-state index is 12.8. The predicted octanol–water partition coefficient (Wildman–Crippen LogP) is 3.36. The van der Waals surface area contributed by atoms with Crippen LogP contribution in [0.2, 0.25) is 0 Å². The van der Waals surface area contributed by atoms with Crippen LogP contribution in [0.3, 0.4) is 0 Å². The van der Waals surface area contributed by atoms with E-state index in [4.69, 9.17) is 4.74 Å². The summed E-state index contributed by atoms with van der Waals surface area (Å²) in [4.78, 5) is 15.8. The van der Waals surface area contributed by atoms with Gasteiger partial charge in [-0.05, 0) is 18.2 Å². The van der Waals surface area contributed by atoms with Crippen LogP contribution in [0.4, 0.5) is 18.9 Å². The van der Waals surface area contributed by atoms with E-state index in [9.17, 15) is 18.0 Å². The van der Waals surface area contributed by atoms with Crippen LogP contribution in [0.5, 0.6) is 5.88 Å². The highest BCUT2D eigenvalue weighted by Crippen LogP contribution is 2.34. The highest BCUT2D eigenvalue weighted by Gasteiger charge is 2.33. The summed E-state index contributed by atoms with van der Waals surface area (Å²) in [6.07, 6.45) is -4.55. The standard InChI is InChI=1S/C14H11F3N2O2/c1-21-12-8-4-7-11(18-12)13(20)19-10-6-3-2-5-9(10)14(15,16)17/h2-8H,1H3,(H,19,20). The number of rotatable bonds is 3. The molecule has 0 aliphatic heterocycles. The second kappa shape index (κ2) is 5.82. The second-order valence-electron chi connectivity index (χ2n) is 4.06. The Morgan fingerprint density at radius 1 is 1.14 bits per heavy atom. The first-order chi connectivity index (χ1) is 9.91. The first-order valence-corrected chi connectivity index (χ1v) is 5.90. The van der Waals surface area contributed by atoms with Crippen molar-refractivity contribution in [1.29, 1.82) is 0 Å². The Kier molecular flexibility index (Phi) is 4.11. The third kappa shape index (κ3) is 3.50. The number of hydrogen-bond acceptors (Lipinski definition) is 3. The second-order valence-corrected chi connectivity index (χ2v) is 4.06. The number of nitrogens with one attached hydrogen (secondary N) is 1. The molecule has 0 aliphatic rings. The lowest BCUT2D eigenvalue weighted by atomic mass is 10.1. The fourth-order valence-electron chi connectivity index (χ4n) is 1.68. The third-order valence-electron chi connectivity index (χ3n) is 2.65. The molecular weight excluding hydrogens is 285 g/mol. The Labute approximate surface area is 118 Å². The number of carbonyl (C=O) groups excluding carboxylic acids is 1. The van der Waals surface area contributed by atoms with E-state index < -0.39 is 17.6 Å². The minimum atomic E-state index is -4.55. The molecule has 7 heteroatoms. The molecule has 2 rings (SSSR count). The van der Waals surface area contributed by atoms with Crippen LogP contribution in [-0.2, 0) is 6.18 Å². The smallest absolute Gasteiger partial charge is 0.418 e. The van der Waals surface area contributed by atoms with Crippen molar-refractivity contribution in [2.75, 3.05) is 12.4 Å². The van der Waals surface area contributed by atoms with E-state index in [-0.39, 0.29) is 17.3 Å². The molecule has 1 aromatic carbocycles. The van der Waals surface area contributed by atoms with Crippen LogP contribution < -0.4 is 10.1 Å². The van der Waals surface area contributed by atoms with Gasteiger partial charge >= 0.3 is 6.18 Å². The van der Waals surface area contributed by atoms with Crippen molar-refractivity contribution in [3.63, 3.8) is 0 Å². The van der Waals surface area contributed by atoms with Gasteiger partial charge in [0.1, 0.15) is 5.69 Å². The number of carbonyl (C=O) groups is 1. The molecule has 0 fully saturated rings. The van der Waals surface area contributed by atoms with Gasteiger partial charge in [0.2, 0.25) is 5.88 Å². The normalized spacial score (nSPS) is 11.0. The van der Waals surface area contributed by atoms with E-state index >= 15 is 0 Å². The number of benzene rings is 1. The zero-order valence-corrected chi connectivity index (χ0v) is 10.9. The highest BCUT2D eigenvalue weighted by atomic mass is 19.4. The molecule has 1 heterocycles. The monoisotopic (exact) mass is 296 g/mol. The molecule has 0 saturated carbocycles. The number of anilines is 1. The first kappa shape index (κ1) is 14.8. The zero-order valence-electron chi connectivity index (χ0n) is 10.9. The molecule has 0 spiro atoms. The van der Waals surface area contributed by atoms with Gasteiger partial charge in [-0.2, -0.15) is 13.2 Å². The van der Waals surface area contributed by atoms with Gasteiger partial charge in [-0.25, -0.2) is 4.98 Å². The fourth-order valence-corrected chi connectivity index (χ4v) is 1.68. The Hall–Kier alpha value is -2.57. The molecule has 0 radical (unpaired) electrons. The Balaban J connectivity index is 2.28. The van der Waals surface area contributed by atoms with Gasteiger partial charge in [0.25, 0.3) is 5.91 Å². The minimum absolute atomic E-state index is 0.0358. The van der Waals surface area contributed by atoms with Crippen molar-refractivity contribution in [3.05, 3.63) is 53.7 Å². The number of aromatic nitrogens is 1. The van der Waals surface area contributed by atoms with E-state index in [1.165, 1.54) is 43.5 Å². The molecule has 21 heavy (non-hydrogen) atoms. The Bertz CT molecular complexity index is 657. The number of methoxy groups -OCH3 is 1. The summed E-state index contributed by atoms with van der Waals surface area (Å²) in [6.45, 7) is 0. The van der Waals surface area contributed by atoms with Gasteiger partial charge in [-0.1, -0.05) is 18.2 Å². The summed E-state index contributed by atoms with van der Waals surface area (Å²) in [7, 11) is 1.38. The van der Waals surface area contributed by atoms with Crippen molar-refractivity contribution < 1.29 is 22.7 Å². The van der Waals surface area contributed by atoms with Gasteiger partial charge < -0.3 is 10.1 Å². The van der Waals surface area contributed by atoms with Crippen LogP contribution in [0.1, 0.15) is 16.1 Å². The molecule has 0 atom stereocenters. The molecule has 2 aromatic rings. The number of halogens is 3. The van der Waals surface area contributed by atoms with Crippen molar-refractivity contribution in [2.24, 2.45) is 0 Å². The molecule has 0 bridgehead atoms. The molecular formula is C14H11F3N2O2. The predicted molar refractivity (Wildman–Crippen MR) is 70.2 cm³/mol. The SMILES string of the molecule is COc1cccc(C(=O)Nc2ccccc2C(F)(F)F)n1. The van der Waals surface area contributed by atoms with E-state index in [0.29, 0.717) is 0 Å². The Morgan fingerprint density at radius 2 is 1.86 bits per heavy atom. The molecule has 1 aromatic heterocycles. The fraction of sp³-hybridized carbons (Fsp3) is 0.143. The van der Waals surface area contributed by atoms with Crippen LogP contribution in [0.25, 0.3) is 0 Å². The first-order valence-electron chi connectivity index (χ1n) is 5.90. The number of nitrogens with zero attached hydrogens (tertiary/aromatic N) is 1. The highest BCUT2D eigenvalue weighted by molar-refractivity contribution is 6.03. The maximum Gasteiger partial charge on any atom is 0.418 e. The van der Waals surface area contributed by atoms with E-state index in [2.05, 4.69) is 10.3 Å². The maximum atomic E-state index is 12.8. The van der Waals surface area contributed by atoms with Crippen molar-refractivity contribution >= 4 is 11.6 Å². The number of amides is 1. The summed E-state index contributed by atoms with van der Waals surface area (Å²) in [5, 5.41) is 2.21. The van der Waals surface area contributed by atoms with Gasteiger partial charge in [-0.3, -0.25) is 4.79 Å². The molecule has 1 N–H and O–H groups in total. The van der Waals surface area contributed by atoms with Crippen LogP contribution in [0.15, 0.2) is 42.5 Å². The number of hydrogen-bond donors (Lipinski definition) is 1. The summed E-state index contributed by atoms with van der Waals surface area (Å²) in [5.74, 6) is -0.544. The molecule has 0 unspecified atom stereocenters. The van der Waals surface area contributed by atoms with Gasteiger partial charge in [0, 0.05) is 6.07 Å². The lowest BCUT2D eigenvalue weighted by molar-refractivity contribution is -0.136. The van der Waals surface area contributed by atoms with Crippen molar-refractivity contribution in [3.8, 4) is 5.88 Å². The lowest BCUT2D eigenvalue weighted by Crippen LogP contribution is -2.17. The summed E-state index contributed by atoms with van der Waals surface area (Å²) >= 11 is 0. The van der Waals surface area contributed by atoms with Crippen molar-refractivity contribution in [2.45, 2.75) is 6.18 Å². The van der Waals surface area contributed by atoms with E-state index in [1.807, 2.05) is 0 Å². The van der Waals surface area contributed by atoms with Gasteiger partial charge in [0.05, 0.1) is 18.4 Å². The van der Waals surface area contributed by atoms with Crippen LogP contribution in [-0.4, -0.2) is 18.0 Å². The van der Waals surface area contributed by atoms with Gasteiger partial charge in [-0.15, -0.1) is 0 Å². The zero-order chi connectivity index (χ0) is 15.5. The summed E-state index contributed by atoms with van der Waals surface area (Å²) in [5.41, 5.74) is -1.27. The minimum Gasteiger partial charge on any atom is -0.481 e. The quantitative estimate of drug-likeness (QED) is 0.945. The number of pyridine rings is 1. The summed E-state index contributed by atoms with van der Waals surface area (Å²) < 4.78 is 43.4. The average molecular weight is 296 g/mol. The van der Waals surface area contributed by atoms with Gasteiger partial charge in [0.15, 0.2) is 0 Å². The number of para-hydroxylation sites is 1. The topological polar surface area (TPSA) is 51.2 Å². The molecule has 4 nitrogen and oxygen atoms in total. The third-order valence-corrected chi connectivity index (χ3v) is 2.65. The number of ether oxygens (including phenoxy) is 1. The van der Waals surface area contributed by atoms with Crippen LogP contribution >= 0.6 is 0 Å². The molecule has 1 amide bonds. The largest absolute Gasteiger partial charge is 0.481 e. The van der Waals surface area contributed by atoms with Crippen molar-refractivity contribution in [1.82, 2.24) is 4.98 Å². The summed E-state index contributed by atoms with van der Waals surface area (Å²) in [6, 6.07) is 9.17. The average Bonchev–Trinajstić information content (AvgIpc) is 2.46. The number of alkyl halides is 3. The Morgan fingerprint density at radius 3 is 2.52 bits per heavy atom. The molecule has 110 valence electrons. The van der Waals surface area contributed by atoms with E-state index in [1.54, 1.807) is 0 Å². The van der Waals surface area contributed by atoms with Crippen LogP contribution in [0, 0.1) is 0 Å². The lowest BCUT2D eigenvalue weighted by Gasteiger charge is -2.13.